The second-order valence-electron chi connectivity index (χ2n) is 4.66. The molecule has 2 aromatic carbocycles. The smallest absolute Gasteiger partial charge is 0.262 e. The van der Waals surface area contributed by atoms with Gasteiger partial charge in [-0.3, -0.25) is 4.79 Å². The minimum atomic E-state index is -0.392. The fraction of sp³-hybridized carbons (Fsp3) is 0.176. The Morgan fingerprint density at radius 2 is 1.96 bits per heavy atom. The Kier molecular flexibility index (Phi) is 5.88. The van der Waals surface area contributed by atoms with Gasteiger partial charge in [0.1, 0.15) is 17.2 Å². The second-order valence-corrected chi connectivity index (χ2v) is 5.07. The third-order valence-corrected chi connectivity index (χ3v) is 3.38. The summed E-state index contributed by atoms with van der Waals surface area (Å²) in [5.41, 5.74) is 0.860. The molecule has 2 aromatic rings. The number of carbonyl (C=O) groups excluding carboxylic acids is 1. The Balaban J connectivity index is 2.04. The summed E-state index contributed by atoms with van der Waals surface area (Å²) in [6, 6.07) is 11.7. The van der Waals surface area contributed by atoms with E-state index in [-0.39, 0.29) is 6.61 Å². The van der Waals surface area contributed by atoms with Crippen LogP contribution in [0.15, 0.2) is 36.4 Å². The Labute approximate surface area is 144 Å². The molecule has 1 amide bonds. The van der Waals surface area contributed by atoms with Crippen molar-refractivity contribution in [3.8, 4) is 23.3 Å². The average Bonchev–Trinajstić information content (AvgIpc) is 2.60. The van der Waals surface area contributed by atoms with E-state index in [9.17, 15) is 4.79 Å². The monoisotopic (exact) mass is 346 g/mol. The molecule has 0 atom stereocenters. The number of nitrogens with one attached hydrogen (secondary N) is 1. The first-order valence-corrected chi connectivity index (χ1v) is 7.29. The SMILES string of the molecule is COc1cc(OC)c(NC(=O)COc2cccc(C#N)c2)cc1Cl. The number of hydrogen-bond acceptors (Lipinski definition) is 5. The van der Waals surface area contributed by atoms with E-state index in [1.165, 1.54) is 20.3 Å². The van der Waals surface area contributed by atoms with E-state index in [2.05, 4.69) is 5.32 Å². The molecule has 0 heterocycles. The molecular weight excluding hydrogens is 332 g/mol. The number of nitriles is 1. The van der Waals surface area contributed by atoms with Gasteiger partial charge in [0.25, 0.3) is 5.91 Å². The zero-order valence-corrected chi connectivity index (χ0v) is 13.9. The maximum atomic E-state index is 12.0. The highest BCUT2D eigenvalue weighted by molar-refractivity contribution is 6.32. The van der Waals surface area contributed by atoms with E-state index >= 15 is 0 Å². The van der Waals surface area contributed by atoms with Crippen molar-refractivity contribution in [3.63, 3.8) is 0 Å². The van der Waals surface area contributed by atoms with Gasteiger partial charge in [-0.15, -0.1) is 0 Å². The maximum Gasteiger partial charge on any atom is 0.262 e. The van der Waals surface area contributed by atoms with Crippen molar-refractivity contribution in [1.82, 2.24) is 0 Å². The fourth-order valence-electron chi connectivity index (χ4n) is 1.95. The summed E-state index contributed by atoms with van der Waals surface area (Å²) in [4.78, 5) is 12.0. The van der Waals surface area contributed by atoms with Crippen molar-refractivity contribution < 1.29 is 19.0 Å². The van der Waals surface area contributed by atoms with E-state index in [1.54, 1.807) is 30.3 Å². The number of benzene rings is 2. The van der Waals surface area contributed by atoms with Crippen LogP contribution in [0.4, 0.5) is 5.69 Å². The molecule has 0 spiro atoms. The summed E-state index contributed by atoms with van der Waals surface area (Å²) in [5, 5.41) is 11.8. The number of halogens is 1. The normalized spacial score (nSPS) is 9.75. The lowest BCUT2D eigenvalue weighted by Gasteiger charge is -2.13. The highest BCUT2D eigenvalue weighted by Gasteiger charge is 2.13. The van der Waals surface area contributed by atoms with Gasteiger partial charge in [0.05, 0.1) is 36.6 Å². The van der Waals surface area contributed by atoms with Crippen LogP contribution in [0.25, 0.3) is 0 Å². The summed E-state index contributed by atoms with van der Waals surface area (Å²) in [6.07, 6.45) is 0. The molecule has 0 saturated carbocycles. The van der Waals surface area contributed by atoms with Crippen LogP contribution >= 0.6 is 11.6 Å². The molecule has 0 bridgehead atoms. The van der Waals surface area contributed by atoms with Gasteiger partial charge in [-0.05, 0) is 24.3 Å². The van der Waals surface area contributed by atoms with Crippen LogP contribution in [0, 0.1) is 11.3 Å². The molecule has 124 valence electrons. The van der Waals surface area contributed by atoms with Crippen LogP contribution in [-0.4, -0.2) is 26.7 Å². The van der Waals surface area contributed by atoms with Gasteiger partial charge in [-0.25, -0.2) is 0 Å². The van der Waals surface area contributed by atoms with Crippen molar-refractivity contribution in [2.75, 3.05) is 26.1 Å². The minimum absolute atomic E-state index is 0.221. The summed E-state index contributed by atoms with van der Waals surface area (Å²) in [5.74, 6) is 0.896. The molecule has 0 saturated heterocycles. The first kappa shape index (κ1) is 17.4. The lowest BCUT2D eigenvalue weighted by atomic mass is 10.2. The molecule has 0 aromatic heterocycles. The van der Waals surface area contributed by atoms with E-state index < -0.39 is 5.91 Å². The molecule has 0 aliphatic rings. The summed E-state index contributed by atoms with van der Waals surface area (Å²) in [6.45, 7) is -0.221. The van der Waals surface area contributed by atoms with E-state index in [4.69, 9.17) is 31.1 Å². The van der Waals surface area contributed by atoms with Gasteiger partial charge in [0, 0.05) is 6.07 Å². The van der Waals surface area contributed by atoms with Gasteiger partial charge in [0.2, 0.25) is 0 Å². The number of anilines is 1. The highest BCUT2D eigenvalue weighted by Crippen LogP contribution is 2.35. The van der Waals surface area contributed by atoms with E-state index in [0.717, 1.165) is 0 Å². The number of nitrogens with zero attached hydrogens (tertiary/aromatic N) is 1. The van der Waals surface area contributed by atoms with Crippen LogP contribution in [0.1, 0.15) is 5.56 Å². The van der Waals surface area contributed by atoms with Crippen molar-refractivity contribution >= 4 is 23.2 Å². The Hall–Kier alpha value is -2.91. The number of ether oxygens (including phenoxy) is 3. The lowest BCUT2D eigenvalue weighted by Crippen LogP contribution is -2.20. The van der Waals surface area contributed by atoms with E-state index in [1.807, 2.05) is 6.07 Å². The third kappa shape index (κ3) is 4.31. The summed E-state index contributed by atoms with van der Waals surface area (Å²) >= 11 is 6.05. The summed E-state index contributed by atoms with van der Waals surface area (Å²) < 4.78 is 15.7. The third-order valence-electron chi connectivity index (χ3n) is 3.08. The maximum absolute atomic E-state index is 12.0. The predicted octanol–water partition coefficient (Wildman–Crippen LogP) is 3.25. The molecule has 0 unspecified atom stereocenters. The Morgan fingerprint density at radius 3 is 2.62 bits per heavy atom. The molecule has 0 aliphatic carbocycles. The number of methoxy groups -OCH3 is 2. The van der Waals surface area contributed by atoms with Gasteiger partial charge < -0.3 is 19.5 Å². The van der Waals surface area contributed by atoms with Gasteiger partial charge >= 0.3 is 0 Å². The molecule has 0 fully saturated rings. The average molecular weight is 347 g/mol. The quantitative estimate of drug-likeness (QED) is 0.868. The van der Waals surface area contributed by atoms with Crippen LogP contribution in [0.2, 0.25) is 5.02 Å². The van der Waals surface area contributed by atoms with Crippen LogP contribution in [0.5, 0.6) is 17.2 Å². The predicted molar refractivity (Wildman–Crippen MR) is 89.8 cm³/mol. The van der Waals surface area contributed by atoms with Crippen molar-refractivity contribution in [1.29, 1.82) is 5.26 Å². The minimum Gasteiger partial charge on any atom is -0.495 e. The molecular formula is C17H15ClN2O4. The molecule has 7 heteroatoms. The topological polar surface area (TPSA) is 80.6 Å². The lowest BCUT2D eigenvalue weighted by molar-refractivity contribution is -0.118. The number of carbonyl (C=O) groups is 1. The molecule has 1 N–H and O–H groups in total. The van der Waals surface area contributed by atoms with Crippen molar-refractivity contribution in [2.24, 2.45) is 0 Å². The first-order valence-electron chi connectivity index (χ1n) is 6.91. The highest BCUT2D eigenvalue weighted by atomic mass is 35.5. The second kappa shape index (κ2) is 8.09. The van der Waals surface area contributed by atoms with Crippen LogP contribution in [-0.2, 0) is 4.79 Å². The molecule has 0 aliphatic heterocycles. The number of hydrogen-bond donors (Lipinski definition) is 1. The molecule has 24 heavy (non-hydrogen) atoms. The first-order chi connectivity index (χ1) is 11.6. The Bertz CT molecular complexity index is 787. The largest absolute Gasteiger partial charge is 0.495 e. The van der Waals surface area contributed by atoms with Crippen molar-refractivity contribution in [2.45, 2.75) is 0 Å². The molecule has 0 radical (unpaired) electrons. The van der Waals surface area contributed by atoms with Gasteiger partial charge in [-0.1, -0.05) is 17.7 Å². The van der Waals surface area contributed by atoms with E-state index in [0.29, 0.717) is 33.5 Å². The Morgan fingerprint density at radius 1 is 1.21 bits per heavy atom. The standard InChI is InChI=1S/C17H15ClN2O4/c1-22-15-8-16(23-2)14(7-13(15)18)20-17(21)10-24-12-5-3-4-11(6-12)9-19/h3-8H,10H2,1-2H3,(H,20,21). The molecule has 2 rings (SSSR count). The fourth-order valence-corrected chi connectivity index (χ4v) is 2.19. The number of amides is 1. The van der Waals surface area contributed by atoms with Crippen molar-refractivity contribution in [3.05, 3.63) is 47.0 Å². The molecule has 6 nitrogen and oxygen atoms in total. The number of rotatable bonds is 6. The van der Waals surface area contributed by atoms with Gasteiger partial charge in [0.15, 0.2) is 6.61 Å². The summed E-state index contributed by atoms with van der Waals surface area (Å²) in [7, 11) is 2.96. The van der Waals surface area contributed by atoms with Gasteiger partial charge in [-0.2, -0.15) is 5.26 Å². The zero-order chi connectivity index (χ0) is 17.5. The zero-order valence-electron chi connectivity index (χ0n) is 13.1. The van der Waals surface area contributed by atoms with Crippen LogP contribution < -0.4 is 19.5 Å². The van der Waals surface area contributed by atoms with Crippen LogP contribution in [0.3, 0.4) is 0 Å².